The van der Waals surface area contributed by atoms with Gasteiger partial charge in [-0.3, -0.25) is 9.59 Å². The Labute approximate surface area is 127 Å². The molecule has 5 nitrogen and oxygen atoms in total. The zero-order chi connectivity index (χ0) is 14.9. The third kappa shape index (κ3) is 3.62. The first-order valence-electron chi connectivity index (χ1n) is 6.80. The van der Waals surface area contributed by atoms with Crippen molar-refractivity contribution in [1.29, 1.82) is 0 Å². The highest BCUT2D eigenvalue weighted by atomic mass is 79.9. The van der Waals surface area contributed by atoms with Crippen LogP contribution in [-0.4, -0.2) is 40.9 Å². The van der Waals surface area contributed by atoms with Crippen LogP contribution in [0.1, 0.15) is 43.2 Å². The lowest BCUT2D eigenvalue weighted by molar-refractivity contribution is -0.121. The molecule has 1 aromatic heterocycles. The van der Waals surface area contributed by atoms with Crippen molar-refractivity contribution in [3.8, 4) is 0 Å². The van der Waals surface area contributed by atoms with Gasteiger partial charge in [0.25, 0.3) is 5.91 Å². The number of nitrogens with one attached hydrogen (secondary N) is 1. The van der Waals surface area contributed by atoms with E-state index in [-0.39, 0.29) is 24.4 Å². The maximum absolute atomic E-state index is 12.4. The molecule has 0 unspecified atom stereocenters. The van der Waals surface area contributed by atoms with Gasteiger partial charge in [0.2, 0.25) is 5.91 Å². The van der Waals surface area contributed by atoms with E-state index in [4.69, 9.17) is 0 Å². The predicted molar refractivity (Wildman–Crippen MR) is 80.6 cm³/mol. The van der Waals surface area contributed by atoms with Gasteiger partial charge in [0.05, 0.1) is 6.54 Å². The van der Waals surface area contributed by atoms with Crippen LogP contribution >= 0.6 is 15.9 Å². The van der Waals surface area contributed by atoms with Crippen molar-refractivity contribution in [2.24, 2.45) is 0 Å². The fourth-order valence-electron chi connectivity index (χ4n) is 2.03. The van der Waals surface area contributed by atoms with E-state index < -0.39 is 0 Å². The summed E-state index contributed by atoms with van der Waals surface area (Å²) < 4.78 is 2.77. The average Bonchev–Trinajstić information content (AvgIpc) is 3.07. The highest BCUT2D eigenvalue weighted by molar-refractivity contribution is 9.10. The van der Waals surface area contributed by atoms with Gasteiger partial charge in [-0.1, -0.05) is 0 Å². The molecule has 110 valence electrons. The summed E-state index contributed by atoms with van der Waals surface area (Å²) in [6.07, 6.45) is 3.98. The summed E-state index contributed by atoms with van der Waals surface area (Å²) in [4.78, 5) is 25.6. The number of hydrogen-bond donors (Lipinski definition) is 1. The number of nitrogens with zero attached hydrogens (tertiary/aromatic N) is 2. The summed E-state index contributed by atoms with van der Waals surface area (Å²) in [5.41, 5.74) is 0.591. The van der Waals surface area contributed by atoms with Crippen LogP contribution in [0.4, 0.5) is 0 Å². The molecule has 6 heteroatoms. The lowest BCUT2D eigenvalue weighted by Crippen LogP contribution is -2.39. The first-order chi connectivity index (χ1) is 9.38. The van der Waals surface area contributed by atoms with Crippen molar-refractivity contribution >= 4 is 27.7 Å². The molecule has 1 aliphatic rings. The molecule has 1 aromatic rings. The standard InChI is InChI=1S/C14H20BrN3O2/c1-9(2)18-7-10(15)6-12(18)14(20)17(3)8-13(19)16-11-4-5-11/h6-7,9,11H,4-5,8H2,1-3H3,(H,16,19). The van der Waals surface area contributed by atoms with Gasteiger partial charge in [0.15, 0.2) is 0 Å². The molecule has 0 saturated heterocycles. The minimum atomic E-state index is -0.143. The molecular weight excluding hydrogens is 322 g/mol. The van der Waals surface area contributed by atoms with Crippen LogP contribution in [0.15, 0.2) is 16.7 Å². The van der Waals surface area contributed by atoms with E-state index in [1.807, 2.05) is 24.6 Å². The minimum absolute atomic E-state index is 0.0925. The van der Waals surface area contributed by atoms with Crippen molar-refractivity contribution in [2.75, 3.05) is 13.6 Å². The second kappa shape index (κ2) is 5.99. The van der Waals surface area contributed by atoms with Crippen LogP contribution in [0.2, 0.25) is 0 Å². The molecule has 0 atom stereocenters. The van der Waals surface area contributed by atoms with E-state index in [0.717, 1.165) is 17.3 Å². The Bertz CT molecular complexity index is 520. The van der Waals surface area contributed by atoms with Crippen LogP contribution < -0.4 is 5.32 Å². The minimum Gasteiger partial charge on any atom is -0.352 e. The second-order valence-corrected chi connectivity index (χ2v) is 6.46. The van der Waals surface area contributed by atoms with Crippen LogP contribution in [0, 0.1) is 0 Å². The van der Waals surface area contributed by atoms with Crippen molar-refractivity contribution in [3.05, 3.63) is 22.4 Å². The SMILES string of the molecule is CC(C)n1cc(Br)cc1C(=O)N(C)CC(=O)NC1CC1. The van der Waals surface area contributed by atoms with Gasteiger partial charge in [-0.15, -0.1) is 0 Å². The molecule has 0 aromatic carbocycles. The van der Waals surface area contributed by atoms with Gasteiger partial charge >= 0.3 is 0 Å². The molecule has 20 heavy (non-hydrogen) atoms. The van der Waals surface area contributed by atoms with Crippen LogP contribution in [0.3, 0.4) is 0 Å². The second-order valence-electron chi connectivity index (χ2n) is 5.55. The van der Waals surface area contributed by atoms with Gasteiger partial charge in [-0.05, 0) is 48.7 Å². The Hall–Kier alpha value is -1.30. The van der Waals surface area contributed by atoms with E-state index in [2.05, 4.69) is 21.2 Å². The monoisotopic (exact) mass is 341 g/mol. The summed E-state index contributed by atoms with van der Waals surface area (Å²) >= 11 is 3.39. The number of carbonyl (C=O) groups is 2. The lowest BCUT2D eigenvalue weighted by atomic mass is 10.3. The highest BCUT2D eigenvalue weighted by Crippen LogP contribution is 2.21. The van der Waals surface area contributed by atoms with E-state index >= 15 is 0 Å². The number of rotatable bonds is 5. The molecule has 0 radical (unpaired) electrons. The average molecular weight is 342 g/mol. The van der Waals surface area contributed by atoms with Gasteiger partial charge < -0.3 is 14.8 Å². The predicted octanol–water partition coefficient (Wildman–Crippen LogP) is 2.18. The van der Waals surface area contributed by atoms with E-state index in [9.17, 15) is 9.59 Å². The molecule has 0 bridgehead atoms. The summed E-state index contributed by atoms with van der Waals surface area (Å²) in [5.74, 6) is -0.236. The number of amides is 2. The molecular formula is C14H20BrN3O2. The molecule has 2 rings (SSSR count). The molecule has 2 amide bonds. The number of halogens is 1. The van der Waals surface area contributed by atoms with Crippen LogP contribution in [-0.2, 0) is 4.79 Å². The zero-order valence-corrected chi connectivity index (χ0v) is 13.6. The van der Waals surface area contributed by atoms with E-state index in [1.54, 1.807) is 13.1 Å². The molecule has 1 fully saturated rings. The quantitative estimate of drug-likeness (QED) is 0.892. The maximum Gasteiger partial charge on any atom is 0.270 e. The molecule has 0 spiro atoms. The van der Waals surface area contributed by atoms with Gasteiger partial charge in [0, 0.05) is 29.8 Å². The van der Waals surface area contributed by atoms with Gasteiger partial charge in [0.1, 0.15) is 5.69 Å². The highest BCUT2D eigenvalue weighted by Gasteiger charge is 2.25. The third-order valence-corrected chi connectivity index (χ3v) is 3.69. The molecule has 1 N–H and O–H groups in total. The Balaban J connectivity index is 2.03. The van der Waals surface area contributed by atoms with Crippen LogP contribution in [0.5, 0.6) is 0 Å². The Morgan fingerprint density at radius 1 is 1.50 bits per heavy atom. The molecule has 1 aliphatic carbocycles. The molecule has 0 aliphatic heterocycles. The van der Waals surface area contributed by atoms with Crippen molar-refractivity contribution < 1.29 is 9.59 Å². The van der Waals surface area contributed by atoms with Crippen molar-refractivity contribution in [2.45, 2.75) is 38.8 Å². The van der Waals surface area contributed by atoms with Crippen molar-refractivity contribution in [3.63, 3.8) is 0 Å². The van der Waals surface area contributed by atoms with Gasteiger partial charge in [-0.25, -0.2) is 0 Å². The molecule has 1 heterocycles. The number of carbonyl (C=O) groups excluding carboxylic acids is 2. The zero-order valence-electron chi connectivity index (χ0n) is 12.0. The lowest BCUT2D eigenvalue weighted by Gasteiger charge is -2.19. The first kappa shape index (κ1) is 15.1. The van der Waals surface area contributed by atoms with E-state index in [1.165, 1.54) is 4.90 Å². The number of likely N-dealkylation sites (N-methyl/N-ethyl adjacent to an activating group) is 1. The van der Waals surface area contributed by atoms with Gasteiger partial charge in [-0.2, -0.15) is 0 Å². The van der Waals surface area contributed by atoms with Crippen molar-refractivity contribution in [1.82, 2.24) is 14.8 Å². The Morgan fingerprint density at radius 2 is 2.15 bits per heavy atom. The Morgan fingerprint density at radius 3 is 2.70 bits per heavy atom. The summed E-state index contributed by atoms with van der Waals surface area (Å²) in [5, 5.41) is 2.88. The Kier molecular flexibility index (Phi) is 4.52. The number of aromatic nitrogens is 1. The van der Waals surface area contributed by atoms with Crippen LogP contribution in [0.25, 0.3) is 0 Å². The van der Waals surface area contributed by atoms with E-state index in [0.29, 0.717) is 11.7 Å². The first-order valence-corrected chi connectivity index (χ1v) is 7.60. The fraction of sp³-hybridized carbons (Fsp3) is 0.571. The third-order valence-electron chi connectivity index (χ3n) is 3.26. The summed E-state index contributed by atoms with van der Waals surface area (Å²) in [6.45, 7) is 4.13. The summed E-state index contributed by atoms with van der Waals surface area (Å²) in [7, 11) is 1.65. The maximum atomic E-state index is 12.4. The number of hydrogen-bond acceptors (Lipinski definition) is 2. The molecule has 1 saturated carbocycles. The fourth-order valence-corrected chi connectivity index (χ4v) is 2.47. The smallest absolute Gasteiger partial charge is 0.270 e. The normalized spacial score (nSPS) is 14.4. The topological polar surface area (TPSA) is 54.3 Å². The summed E-state index contributed by atoms with van der Waals surface area (Å²) in [6, 6.07) is 2.30. The largest absolute Gasteiger partial charge is 0.352 e.